The third kappa shape index (κ3) is 2.76. The third-order valence-electron chi connectivity index (χ3n) is 2.06. The van der Waals surface area contributed by atoms with E-state index in [2.05, 4.69) is 4.74 Å². The van der Waals surface area contributed by atoms with Crippen LogP contribution in [0.2, 0.25) is 0 Å². The molecule has 0 radical (unpaired) electrons. The Labute approximate surface area is 93.2 Å². The van der Waals surface area contributed by atoms with Gasteiger partial charge in [-0.05, 0) is 12.1 Å². The molecule has 86 valence electrons. The van der Waals surface area contributed by atoms with Crippen molar-refractivity contribution in [2.75, 3.05) is 6.61 Å². The fourth-order valence-corrected chi connectivity index (χ4v) is 2.34. The van der Waals surface area contributed by atoms with Gasteiger partial charge in [-0.3, -0.25) is 4.57 Å². The highest BCUT2D eigenvalue weighted by molar-refractivity contribution is 7.40. The van der Waals surface area contributed by atoms with Gasteiger partial charge in [-0.25, -0.2) is 4.79 Å². The van der Waals surface area contributed by atoms with Crippen LogP contribution in [-0.4, -0.2) is 18.6 Å². The summed E-state index contributed by atoms with van der Waals surface area (Å²) in [5.41, 5.74) is 0. The lowest BCUT2D eigenvalue weighted by Crippen LogP contribution is -2.25. The van der Waals surface area contributed by atoms with Gasteiger partial charge in [0.2, 0.25) is 0 Å². The van der Waals surface area contributed by atoms with Crippen LogP contribution in [0, 0.1) is 0 Å². The van der Waals surface area contributed by atoms with Gasteiger partial charge in [0.25, 0.3) is 8.03 Å². The van der Waals surface area contributed by atoms with Gasteiger partial charge in [-0.2, -0.15) is 0 Å². The maximum absolute atomic E-state index is 11.7. The summed E-state index contributed by atoms with van der Waals surface area (Å²) in [4.78, 5) is 10.8. The van der Waals surface area contributed by atoms with Crippen LogP contribution in [-0.2, 0) is 14.0 Å². The van der Waals surface area contributed by atoms with E-state index in [-0.39, 0.29) is 6.61 Å². The monoisotopic (exact) mass is 242 g/mol. The van der Waals surface area contributed by atoms with Crippen molar-refractivity contribution >= 4 is 14.2 Å². The van der Waals surface area contributed by atoms with Crippen LogP contribution in [0.25, 0.3) is 0 Å². The number of cyclic esters (lactones) is 2. The molecule has 1 saturated heterocycles. The van der Waals surface area contributed by atoms with E-state index in [1.165, 1.54) is 0 Å². The molecule has 0 aliphatic carbocycles. The first kappa shape index (κ1) is 11.0. The second-order valence-corrected chi connectivity index (χ2v) is 4.71. The highest BCUT2D eigenvalue weighted by Gasteiger charge is 2.28. The summed E-state index contributed by atoms with van der Waals surface area (Å²) in [5.74, 6) is -0.180. The predicted octanol–water partition coefficient (Wildman–Crippen LogP) is 2.42. The first-order valence-corrected chi connectivity index (χ1v) is 6.25. The van der Waals surface area contributed by atoms with Crippen LogP contribution in [0.4, 0.5) is 4.79 Å². The summed E-state index contributed by atoms with van der Waals surface area (Å²) in [6.07, 6.45) is -0.387. The smallest absolute Gasteiger partial charge is 0.442 e. The molecular formula is C10H11O5P. The van der Waals surface area contributed by atoms with E-state index in [1.54, 1.807) is 24.3 Å². The maximum atomic E-state index is 11.7. The van der Waals surface area contributed by atoms with Gasteiger partial charge < -0.3 is 14.0 Å². The normalized spacial score (nSPS) is 21.8. The van der Waals surface area contributed by atoms with E-state index in [9.17, 15) is 9.36 Å². The summed E-state index contributed by atoms with van der Waals surface area (Å²) in [7, 11) is -2.45. The quantitative estimate of drug-likeness (QED) is 0.601. The van der Waals surface area contributed by atoms with Gasteiger partial charge in [0, 0.05) is 6.42 Å². The molecule has 0 spiro atoms. The first-order valence-electron chi connectivity index (χ1n) is 4.86. The van der Waals surface area contributed by atoms with Crippen LogP contribution in [0.5, 0.6) is 5.75 Å². The summed E-state index contributed by atoms with van der Waals surface area (Å²) in [6, 6.07) is 8.78. The lowest BCUT2D eigenvalue weighted by Gasteiger charge is -2.21. The number of ether oxygens (including phenoxy) is 2. The van der Waals surface area contributed by atoms with E-state index in [4.69, 9.17) is 9.26 Å². The number of carbonyl (C=O) groups is 1. The van der Waals surface area contributed by atoms with Crippen LogP contribution in [0.15, 0.2) is 30.3 Å². The van der Waals surface area contributed by atoms with Gasteiger partial charge in [0.15, 0.2) is 5.85 Å². The standard InChI is InChI=1S/C10H11O5P/c11-10-13-7-6-9(14-10)16(12)15-8-4-2-1-3-5-8/h1-5,9,16H,6-7H2. The van der Waals surface area contributed by atoms with Crippen molar-refractivity contribution in [2.24, 2.45) is 0 Å². The second-order valence-electron chi connectivity index (χ2n) is 3.23. The molecule has 2 rings (SSSR count). The molecule has 6 heteroatoms. The van der Waals surface area contributed by atoms with Gasteiger partial charge in [-0.15, -0.1) is 0 Å². The Kier molecular flexibility index (Phi) is 3.47. The summed E-state index contributed by atoms with van der Waals surface area (Å²) in [6.45, 7) is 0.220. The second kappa shape index (κ2) is 5.03. The fourth-order valence-electron chi connectivity index (χ4n) is 1.29. The minimum absolute atomic E-state index is 0.220. The lowest BCUT2D eigenvalue weighted by molar-refractivity contribution is 0.00292. The predicted molar refractivity (Wildman–Crippen MR) is 56.9 cm³/mol. The Morgan fingerprint density at radius 2 is 2.06 bits per heavy atom. The molecule has 5 nitrogen and oxygen atoms in total. The van der Waals surface area contributed by atoms with Crippen molar-refractivity contribution in [2.45, 2.75) is 12.3 Å². The van der Waals surface area contributed by atoms with Gasteiger partial charge in [0.1, 0.15) is 5.75 Å². The SMILES string of the molecule is O=C1OCCC([PH](=O)Oc2ccccc2)O1. The van der Waals surface area contributed by atoms with E-state index < -0.39 is 20.0 Å². The largest absolute Gasteiger partial charge is 0.509 e. The molecule has 0 amide bonds. The molecule has 1 aliphatic rings. The summed E-state index contributed by atoms with van der Waals surface area (Å²) < 4.78 is 26.3. The molecule has 1 aliphatic heterocycles. The highest BCUT2D eigenvalue weighted by Crippen LogP contribution is 2.35. The summed E-state index contributed by atoms with van der Waals surface area (Å²) >= 11 is 0. The van der Waals surface area contributed by atoms with Crippen molar-refractivity contribution < 1.29 is 23.4 Å². The van der Waals surface area contributed by atoms with Crippen LogP contribution in [0.1, 0.15) is 6.42 Å². The Balaban J connectivity index is 1.95. The van der Waals surface area contributed by atoms with Gasteiger partial charge >= 0.3 is 6.16 Å². The topological polar surface area (TPSA) is 61.8 Å². The minimum Gasteiger partial charge on any atom is -0.442 e. The molecule has 0 saturated carbocycles. The van der Waals surface area contributed by atoms with Crippen LogP contribution >= 0.6 is 8.03 Å². The van der Waals surface area contributed by atoms with Crippen molar-refractivity contribution in [3.63, 3.8) is 0 Å². The van der Waals surface area contributed by atoms with Crippen LogP contribution in [0.3, 0.4) is 0 Å². The Hall–Kier alpha value is -1.48. The Morgan fingerprint density at radius 3 is 2.75 bits per heavy atom. The zero-order valence-electron chi connectivity index (χ0n) is 8.42. The average molecular weight is 242 g/mol. The molecule has 16 heavy (non-hydrogen) atoms. The Bertz CT molecular complexity index is 391. The molecule has 0 bridgehead atoms. The van der Waals surface area contributed by atoms with E-state index in [1.807, 2.05) is 6.07 Å². The minimum atomic E-state index is -2.45. The van der Waals surface area contributed by atoms with E-state index >= 15 is 0 Å². The average Bonchev–Trinajstić information content (AvgIpc) is 2.30. The zero-order chi connectivity index (χ0) is 11.4. The molecule has 1 aromatic rings. The number of hydrogen-bond donors (Lipinski definition) is 0. The molecule has 2 atom stereocenters. The van der Waals surface area contributed by atoms with Crippen molar-refractivity contribution in [3.8, 4) is 5.75 Å². The highest BCUT2D eigenvalue weighted by atomic mass is 31.1. The number of carbonyl (C=O) groups excluding carboxylic acids is 1. The van der Waals surface area contributed by atoms with Gasteiger partial charge in [-0.1, -0.05) is 18.2 Å². The van der Waals surface area contributed by atoms with Gasteiger partial charge in [0.05, 0.1) is 6.61 Å². The maximum Gasteiger partial charge on any atom is 0.509 e. The molecule has 2 unspecified atom stereocenters. The molecule has 0 N–H and O–H groups in total. The molecule has 1 heterocycles. The lowest BCUT2D eigenvalue weighted by atomic mass is 10.3. The first-order chi connectivity index (χ1) is 7.75. The molecular weight excluding hydrogens is 231 g/mol. The molecule has 1 aromatic carbocycles. The molecule has 0 aromatic heterocycles. The number of benzene rings is 1. The fraction of sp³-hybridized carbons (Fsp3) is 0.300. The molecule has 1 fully saturated rings. The third-order valence-corrected chi connectivity index (χ3v) is 3.43. The van der Waals surface area contributed by atoms with E-state index in [0.717, 1.165) is 0 Å². The van der Waals surface area contributed by atoms with Crippen molar-refractivity contribution in [3.05, 3.63) is 30.3 Å². The zero-order valence-corrected chi connectivity index (χ0v) is 9.42. The number of hydrogen-bond acceptors (Lipinski definition) is 5. The van der Waals surface area contributed by atoms with Crippen LogP contribution < -0.4 is 4.52 Å². The Morgan fingerprint density at radius 1 is 1.31 bits per heavy atom. The number of para-hydroxylation sites is 1. The number of rotatable bonds is 3. The van der Waals surface area contributed by atoms with Crippen molar-refractivity contribution in [1.29, 1.82) is 0 Å². The van der Waals surface area contributed by atoms with Crippen molar-refractivity contribution in [1.82, 2.24) is 0 Å². The van der Waals surface area contributed by atoms with E-state index in [0.29, 0.717) is 12.2 Å². The summed E-state index contributed by atoms with van der Waals surface area (Å²) in [5, 5.41) is 0.